The first-order valence-electron chi connectivity index (χ1n) is 13.0. The number of phenolic OH excluding ortho intramolecular Hbond substituents is 1. The molecule has 3 aliphatic carbocycles. The largest absolute Gasteiger partial charge is 0.510 e. The van der Waals surface area contributed by atoms with Gasteiger partial charge in [0, 0.05) is 35.2 Å². The Kier molecular flexibility index (Phi) is 7.16. The van der Waals surface area contributed by atoms with Crippen LogP contribution in [0.2, 0.25) is 0 Å². The number of benzene rings is 1. The van der Waals surface area contributed by atoms with E-state index in [1.54, 1.807) is 14.1 Å². The number of carbonyl (C=O) groups is 2. The van der Waals surface area contributed by atoms with Crippen molar-refractivity contribution in [1.29, 1.82) is 5.41 Å². The van der Waals surface area contributed by atoms with Gasteiger partial charge < -0.3 is 31.6 Å². The van der Waals surface area contributed by atoms with Crippen LogP contribution in [0, 0.1) is 29.0 Å². The summed E-state index contributed by atoms with van der Waals surface area (Å²) in [5, 5.41) is 53.4. The van der Waals surface area contributed by atoms with Crippen LogP contribution < -0.4 is 5.73 Å². The van der Waals surface area contributed by atoms with Crippen molar-refractivity contribution in [2.75, 3.05) is 21.1 Å². The Morgan fingerprint density at radius 1 is 1.23 bits per heavy atom. The molecular weight excluding hydrogens is 507 g/mol. The number of aliphatic hydroxyl groups is 3. The lowest BCUT2D eigenvalue weighted by Gasteiger charge is -2.51. The van der Waals surface area contributed by atoms with Gasteiger partial charge in [0.1, 0.15) is 28.7 Å². The van der Waals surface area contributed by atoms with Crippen LogP contribution in [-0.4, -0.2) is 86.5 Å². The molecule has 0 spiro atoms. The number of primary amides is 1. The van der Waals surface area contributed by atoms with E-state index in [-0.39, 0.29) is 47.7 Å². The van der Waals surface area contributed by atoms with Gasteiger partial charge in [0.2, 0.25) is 0 Å². The molecule has 0 aromatic heterocycles. The van der Waals surface area contributed by atoms with E-state index >= 15 is 4.39 Å². The molecule has 0 radical (unpaired) electrons. The van der Waals surface area contributed by atoms with E-state index in [0.29, 0.717) is 5.92 Å². The van der Waals surface area contributed by atoms with Gasteiger partial charge in [0.05, 0.1) is 17.3 Å². The van der Waals surface area contributed by atoms with Crippen LogP contribution in [0.4, 0.5) is 4.39 Å². The second kappa shape index (κ2) is 9.72. The highest BCUT2D eigenvalue weighted by molar-refractivity contribution is 6.26. The summed E-state index contributed by atoms with van der Waals surface area (Å²) in [5.74, 6) is -5.96. The first kappa shape index (κ1) is 28.7. The molecule has 0 bridgehead atoms. The van der Waals surface area contributed by atoms with Crippen LogP contribution in [0.3, 0.4) is 0 Å². The van der Waals surface area contributed by atoms with Crippen molar-refractivity contribution < 1.29 is 34.4 Å². The summed E-state index contributed by atoms with van der Waals surface area (Å²) in [4.78, 5) is 29.3. The summed E-state index contributed by atoms with van der Waals surface area (Å²) in [7, 11) is 5.03. The molecule has 4 rings (SSSR count). The maximum Gasteiger partial charge on any atom is 0.254 e. The molecule has 39 heavy (non-hydrogen) atoms. The lowest BCUT2D eigenvalue weighted by Crippen LogP contribution is -2.63. The number of phenols is 1. The van der Waals surface area contributed by atoms with Gasteiger partial charge >= 0.3 is 0 Å². The number of allylic oxidation sites excluding steroid dienone is 1. The van der Waals surface area contributed by atoms with Crippen LogP contribution in [0.25, 0.3) is 0 Å². The number of rotatable bonds is 6. The van der Waals surface area contributed by atoms with Gasteiger partial charge in [-0.25, -0.2) is 4.39 Å². The molecule has 1 aromatic rings. The van der Waals surface area contributed by atoms with E-state index in [1.165, 1.54) is 11.0 Å². The number of carbonyl (C=O) groups excluding carboxylic acids is 2. The number of nitrogens with one attached hydrogen (secondary N) is 1. The van der Waals surface area contributed by atoms with Crippen molar-refractivity contribution in [2.45, 2.75) is 57.8 Å². The number of fused-ring (bicyclic) bond motifs is 3. The molecule has 1 aromatic carbocycles. The number of hydrogen-bond acceptors (Lipinski definition) is 9. The minimum atomic E-state index is -2.51. The maximum atomic E-state index is 15.9. The Hall–Kier alpha value is -3.28. The zero-order valence-corrected chi connectivity index (χ0v) is 23.0. The molecule has 7 N–H and O–H groups in total. The SMILES string of the molecule is CC(C)[C@H](C)N(C)Cc1cc(O)c2c(c1F)C[C@H]1CC3[C@H](N(C)C)C(O)=C(C(N)=O)C(=N)[C@@]3(O)C(O)=C1C2=O. The maximum absolute atomic E-state index is 15.9. The molecule has 1 amide bonds. The van der Waals surface area contributed by atoms with E-state index in [2.05, 4.69) is 13.8 Å². The predicted octanol–water partition coefficient (Wildman–Crippen LogP) is 2.19. The summed E-state index contributed by atoms with van der Waals surface area (Å²) in [6.45, 7) is 6.33. The molecule has 212 valence electrons. The minimum Gasteiger partial charge on any atom is -0.510 e. The highest BCUT2D eigenvalue weighted by Gasteiger charge is 2.61. The summed E-state index contributed by atoms with van der Waals surface area (Å²) in [5.41, 5.74) is 1.16. The number of nitrogens with zero attached hydrogens (tertiary/aromatic N) is 2. The fourth-order valence-electron chi connectivity index (χ4n) is 6.44. The van der Waals surface area contributed by atoms with Crippen LogP contribution in [0.1, 0.15) is 48.7 Å². The molecule has 0 saturated carbocycles. The van der Waals surface area contributed by atoms with Gasteiger partial charge in [-0.3, -0.25) is 19.4 Å². The Bertz CT molecular complexity index is 1340. The standard InChI is InChI=1S/C28H37FN4O6/c1-11(2)12(3)33(6)10-14-9-17(34)19-15(21(14)29)7-13-8-16-22(32(4)5)24(36)20(27(31)38)25(30)28(16,39)26(37)18(13)23(19)35/h9,11-13,16,22,30,34,36-37,39H,7-8,10H2,1-6H3,(H2,31,38)/t12-,13-,16?,22-,28+/m0/s1. The van der Waals surface area contributed by atoms with Crippen LogP contribution in [0.15, 0.2) is 28.7 Å². The topological polar surface area (TPSA) is 171 Å². The van der Waals surface area contributed by atoms with Gasteiger partial charge in [-0.05, 0) is 58.8 Å². The second-order valence-corrected chi connectivity index (χ2v) is 11.6. The van der Waals surface area contributed by atoms with E-state index in [0.717, 1.165) is 0 Å². The summed E-state index contributed by atoms with van der Waals surface area (Å²) >= 11 is 0. The highest BCUT2D eigenvalue weighted by Crippen LogP contribution is 2.52. The van der Waals surface area contributed by atoms with Gasteiger partial charge in [-0.2, -0.15) is 0 Å². The number of aliphatic hydroxyl groups excluding tert-OH is 2. The summed E-state index contributed by atoms with van der Waals surface area (Å²) < 4.78 is 15.9. The molecule has 11 heteroatoms. The van der Waals surface area contributed by atoms with E-state index in [1.807, 2.05) is 18.9 Å². The average molecular weight is 545 g/mol. The first-order valence-corrected chi connectivity index (χ1v) is 13.0. The van der Waals surface area contributed by atoms with Crippen molar-refractivity contribution in [2.24, 2.45) is 23.5 Å². The molecule has 0 heterocycles. The van der Waals surface area contributed by atoms with Crippen molar-refractivity contribution in [3.05, 3.63) is 51.2 Å². The second-order valence-electron chi connectivity index (χ2n) is 11.6. The smallest absolute Gasteiger partial charge is 0.254 e. The molecular formula is C28H37FN4O6. The first-order chi connectivity index (χ1) is 18.0. The van der Waals surface area contributed by atoms with E-state index < -0.39 is 69.5 Å². The normalized spacial score (nSPS) is 27.7. The molecule has 0 fully saturated rings. The molecule has 0 saturated heterocycles. The number of nitrogens with two attached hydrogens (primary N) is 1. The molecule has 10 nitrogen and oxygen atoms in total. The third-order valence-corrected chi connectivity index (χ3v) is 8.87. The lowest BCUT2D eigenvalue weighted by atomic mass is 9.58. The van der Waals surface area contributed by atoms with Gasteiger partial charge in [-0.1, -0.05) is 13.8 Å². The minimum absolute atomic E-state index is 0.0167. The number of Topliss-reactive ketones (excluding diaryl/α,β-unsaturated/α-hetero) is 1. The number of aromatic hydroxyl groups is 1. The average Bonchev–Trinajstić information content (AvgIpc) is 2.83. The Morgan fingerprint density at radius 3 is 2.38 bits per heavy atom. The van der Waals surface area contributed by atoms with Crippen LogP contribution >= 0.6 is 0 Å². The molecule has 3 aliphatic rings. The Balaban J connectivity index is 1.86. The van der Waals surface area contributed by atoms with Crippen LogP contribution in [-0.2, 0) is 17.8 Å². The third-order valence-electron chi connectivity index (χ3n) is 8.87. The Labute approximate surface area is 226 Å². The quantitative estimate of drug-likeness (QED) is 0.316. The monoisotopic (exact) mass is 544 g/mol. The van der Waals surface area contributed by atoms with Crippen molar-refractivity contribution in [1.82, 2.24) is 9.80 Å². The van der Waals surface area contributed by atoms with Gasteiger partial charge in [0.25, 0.3) is 5.91 Å². The van der Waals surface area contributed by atoms with Crippen molar-refractivity contribution >= 4 is 17.4 Å². The lowest BCUT2D eigenvalue weighted by molar-refractivity contribution is -0.114. The zero-order valence-electron chi connectivity index (χ0n) is 23.0. The van der Waals surface area contributed by atoms with Crippen molar-refractivity contribution in [3.8, 4) is 5.75 Å². The van der Waals surface area contributed by atoms with E-state index in [9.17, 15) is 30.0 Å². The van der Waals surface area contributed by atoms with Crippen molar-refractivity contribution in [3.63, 3.8) is 0 Å². The Morgan fingerprint density at radius 2 is 1.85 bits per heavy atom. The number of hydrogen-bond donors (Lipinski definition) is 6. The number of halogens is 1. The predicted molar refractivity (Wildman–Crippen MR) is 142 cm³/mol. The third kappa shape index (κ3) is 4.14. The summed E-state index contributed by atoms with van der Waals surface area (Å²) in [6.07, 6.45) is -0.0680. The van der Waals surface area contributed by atoms with Gasteiger partial charge in [-0.15, -0.1) is 0 Å². The number of likely N-dealkylation sites (N-methyl/N-ethyl adjacent to an activating group) is 1. The number of ketones is 1. The molecule has 1 unspecified atom stereocenters. The zero-order chi connectivity index (χ0) is 29.3. The van der Waals surface area contributed by atoms with Gasteiger partial charge in [0.15, 0.2) is 11.4 Å². The highest BCUT2D eigenvalue weighted by atomic mass is 19.1. The fourth-order valence-corrected chi connectivity index (χ4v) is 6.44. The van der Waals surface area contributed by atoms with Crippen LogP contribution in [0.5, 0.6) is 5.75 Å². The molecule has 0 aliphatic heterocycles. The number of amides is 1. The fraction of sp³-hybridized carbons (Fsp3) is 0.536. The van der Waals surface area contributed by atoms with E-state index in [4.69, 9.17) is 11.1 Å². The molecule has 5 atom stereocenters. The summed E-state index contributed by atoms with van der Waals surface area (Å²) in [6, 6.07) is 0.315.